The maximum absolute atomic E-state index is 12.5. The van der Waals surface area contributed by atoms with Gasteiger partial charge in [0.2, 0.25) is 0 Å². The Kier molecular flexibility index (Phi) is 7.50. The second kappa shape index (κ2) is 10.1. The van der Waals surface area contributed by atoms with E-state index >= 15 is 0 Å². The van der Waals surface area contributed by atoms with Crippen LogP contribution in [-0.2, 0) is 17.5 Å². The summed E-state index contributed by atoms with van der Waals surface area (Å²) in [6.45, 7) is 7.37. The number of anilines is 1. The van der Waals surface area contributed by atoms with Crippen molar-refractivity contribution in [3.05, 3.63) is 59.3 Å². The van der Waals surface area contributed by atoms with E-state index in [1.165, 1.54) is 6.07 Å². The zero-order valence-corrected chi connectivity index (χ0v) is 17.6. The Bertz CT molecular complexity index is 847. The summed E-state index contributed by atoms with van der Waals surface area (Å²) in [6.07, 6.45) is -3.21. The van der Waals surface area contributed by atoms with Gasteiger partial charge < -0.3 is 15.4 Å². The van der Waals surface area contributed by atoms with Gasteiger partial charge in [0.1, 0.15) is 5.82 Å². The second-order valence-electron chi connectivity index (χ2n) is 7.76. The van der Waals surface area contributed by atoms with Crippen LogP contribution in [0, 0.1) is 0 Å². The Balaban J connectivity index is 1.41. The first-order chi connectivity index (χ1) is 14.7. The van der Waals surface area contributed by atoms with Gasteiger partial charge in [-0.2, -0.15) is 13.2 Å². The number of nitrogens with zero attached hydrogens (tertiary/aromatic N) is 2. The van der Waals surface area contributed by atoms with Crippen molar-refractivity contribution in [3.8, 4) is 0 Å². The number of rotatable bonds is 7. The van der Waals surface area contributed by atoms with Crippen LogP contribution in [0.1, 0.15) is 35.3 Å². The normalized spacial score (nSPS) is 19.8. The van der Waals surface area contributed by atoms with Gasteiger partial charge >= 0.3 is 6.18 Å². The third kappa shape index (κ3) is 6.93. The standard InChI is InChI=1S/C22H27F3N4O2/c1-15-12-29(13-16(2)31-15)14-17-3-5-18(6-4-17)21(30)27-10-9-26-20-8-7-19(11-28-20)22(23,24)25/h3-8,11,15-16H,9-10,12-14H2,1-2H3,(H,26,28)(H,27,30). The highest BCUT2D eigenvalue weighted by Crippen LogP contribution is 2.28. The summed E-state index contributed by atoms with van der Waals surface area (Å²) in [5.41, 5.74) is 0.889. The predicted octanol–water partition coefficient (Wildman–Crippen LogP) is 3.55. The smallest absolute Gasteiger partial charge is 0.373 e. The van der Waals surface area contributed by atoms with Crippen LogP contribution in [0.2, 0.25) is 0 Å². The van der Waals surface area contributed by atoms with Crippen molar-refractivity contribution in [1.82, 2.24) is 15.2 Å². The number of hydrogen-bond donors (Lipinski definition) is 2. The number of ether oxygens (including phenoxy) is 1. The molecule has 2 aromatic rings. The van der Waals surface area contributed by atoms with Gasteiger partial charge in [-0.05, 0) is 43.7 Å². The minimum absolute atomic E-state index is 0.206. The van der Waals surface area contributed by atoms with Crippen LogP contribution in [0.3, 0.4) is 0 Å². The molecule has 2 heterocycles. The summed E-state index contributed by atoms with van der Waals surface area (Å²) in [4.78, 5) is 18.4. The quantitative estimate of drug-likeness (QED) is 0.650. The Labute approximate surface area is 179 Å². The number of amides is 1. The zero-order chi connectivity index (χ0) is 22.4. The maximum atomic E-state index is 12.5. The maximum Gasteiger partial charge on any atom is 0.417 e. The number of carbonyl (C=O) groups excluding carboxylic acids is 1. The molecule has 0 saturated carbocycles. The van der Waals surface area contributed by atoms with Gasteiger partial charge in [0.25, 0.3) is 5.91 Å². The van der Waals surface area contributed by atoms with E-state index in [1.54, 1.807) is 12.1 Å². The molecule has 2 unspecified atom stereocenters. The van der Waals surface area contributed by atoms with E-state index in [-0.39, 0.29) is 18.1 Å². The average molecular weight is 436 g/mol. The summed E-state index contributed by atoms with van der Waals surface area (Å²) in [5.74, 6) is 0.112. The number of nitrogens with one attached hydrogen (secondary N) is 2. The van der Waals surface area contributed by atoms with Crippen LogP contribution in [-0.4, -0.2) is 54.2 Å². The molecule has 1 aromatic heterocycles. The third-order valence-electron chi connectivity index (χ3n) is 4.93. The molecule has 31 heavy (non-hydrogen) atoms. The van der Waals surface area contributed by atoms with E-state index in [2.05, 4.69) is 34.4 Å². The molecule has 9 heteroatoms. The number of benzene rings is 1. The molecule has 0 spiro atoms. The van der Waals surface area contributed by atoms with E-state index in [9.17, 15) is 18.0 Å². The molecule has 0 radical (unpaired) electrons. The van der Waals surface area contributed by atoms with Gasteiger partial charge in [-0.25, -0.2) is 4.98 Å². The number of halogens is 3. The van der Waals surface area contributed by atoms with E-state index in [4.69, 9.17) is 4.74 Å². The molecular weight excluding hydrogens is 409 g/mol. The lowest BCUT2D eigenvalue weighted by Crippen LogP contribution is -2.44. The summed E-state index contributed by atoms with van der Waals surface area (Å²) in [6, 6.07) is 9.72. The highest BCUT2D eigenvalue weighted by molar-refractivity contribution is 5.94. The molecule has 0 bridgehead atoms. The van der Waals surface area contributed by atoms with Crippen molar-refractivity contribution in [2.24, 2.45) is 0 Å². The Morgan fingerprint density at radius 2 is 1.77 bits per heavy atom. The molecule has 1 saturated heterocycles. The van der Waals surface area contributed by atoms with Crippen LogP contribution >= 0.6 is 0 Å². The first-order valence-electron chi connectivity index (χ1n) is 10.2. The van der Waals surface area contributed by atoms with Crippen LogP contribution in [0.25, 0.3) is 0 Å². The molecule has 0 aliphatic carbocycles. The van der Waals surface area contributed by atoms with Crippen molar-refractivity contribution in [2.75, 3.05) is 31.5 Å². The molecule has 1 amide bonds. The molecule has 6 nitrogen and oxygen atoms in total. The van der Waals surface area contributed by atoms with Gasteiger partial charge in [0.15, 0.2) is 0 Å². The third-order valence-corrected chi connectivity index (χ3v) is 4.93. The molecule has 2 atom stereocenters. The van der Waals surface area contributed by atoms with Crippen LogP contribution in [0.15, 0.2) is 42.6 Å². The largest absolute Gasteiger partial charge is 0.417 e. The molecule has 1 aromatic carbocycles. The summed E-state index contributed by atoms with van der Waals surface area (Å²) in [7, 11) is 0. The van der Waals surface area contributed by atoms with Gasteiger partial charge in [-0.15, -0.1) is 0 Å². The molecular formula is C22H27F3N4O2. The molecule has 3 rings (SSSR count). The van der Waals surface area contributed by atoms with Crippen molar-refractivity contribution in [2.45, 2.75) is 38.8 Å². The van der Waals surface area contributed by atoms with Crippen LogP contribution in [0.4, 0.5) is 19.0 Å². The second-order valence-corrected chi connectivity index (χ2v) is 7.76. The van der Waals surface area contributed by atoms with Gasteiger partial charge in [0, 0.05) is 44.5 Å². The van der Waals surface area contributed by atoms with E-state index in [0.717, 1.165) is 37.5 Å². The number of hydrogen-bond acceptors (Lipinski definition) is 5. The van der Waals surface area contributed by atoms with Crippen molar-refractivity contribution < 1.29 is 22.7 Å². The van der Waals surface area contributed by atoms with Crippen molar-refractivity contribution in [3.63, 3.8) is 0 Å². The first kappa shape index (κ1) is 23.0. The fourth-order valence-corrected chi connectivity index (χ4v) is 3.57. The molecule has 1 aliphatic rings. The van der Waals surface area contributed by atoms with Gasteiger partial charge in [-0.3, -0.25) is 9.69 Å². The number of alkyl halides is 3. The fraction of sp³-hybridized carbons (Fsp3) is 0.455. The Morgan fingerprint density at radius 3 is 2.35 bits per heavy atom. The minimum Gasteiger partial charge on any atom is -0.373 e. The summed E-state index contributed by atoms with van der Waals surface area (Å²) in [5, 5.41) is 5.66. The first-order valence-corrected chi connectivity index (χ1v) is 10.2. The lowest BCUT2D eigenvalue weighted by atomic mass is 10.1. The number of aromatic nitrogens is 1. The van der Waals surface area contributed by atoms with Crippen molar-refractivity contribution >= 4 is 11.7 Å². The molecule has 168 valence electrons. The van der Waals surface area contributed by atoms with Crippen LogP contribution in [0.5, 0.6) is 0 Å². The predicted molar refractivity (Wildman–Crippen MR) is 112 cm³/mol. The summed E-state index contributed by atoms with van der Waals surface area (Å²) >= 11 is 0. The topological polar surface area (TPSA) is 66.5 Å². The number of carbonyl (C=O) groups is 1. The molecule has 2 N–H and O–H groups in total. The number of morpholine rings is 1. The lowest BCUT2D eigenvalue weighted by Gasteiger charge is -2.35. The van der Waals surface area contributed by atoms with E-state index < -0.39 is 11.7 Å². The highest BCUT2D eigenvalue weighted by atomic mass is 19.4. The van der Waals surface area contributed by atoms with Crippen LogP contribution < -0.4 is 10.6 Å². The van der Waals surface area contributed by atoms with Crippen molar-refractivity contribution in [1.29, 1.82) is 0 Å². The Hall–Kier alpha value is -2.65. The highest BCUT2D eigenvalue weighted by Gasteiger charge is 2.30. The average Bonchev–Trinajstić information content (AvgIpc) is 2.70. The van der Waals surface area contributed by atoms with Gasteiger partial charge in [0.05, 0.1) is 17.8 Å². The monoisotopic (exact) mass is 436 g/mol. The molecule has 1 fully saturated rings. The summed E-state index contributed by atoms with van der Waals surface area (Å²) < 4.78 is 43.4. The van der Waals surface area contributed by atoms with E-state index in [0.29, 0.717) is 24.5 Å². The van der Waals surface area contributed by atoms with Gasteiger partial charge in [-0.1, -0.05) is 12.1 Å². The minimum atomic E-state index is -4.41. The zero-order valence-electron chi connectivity index (χ0n) is 17.6. The SMILES string of the molecule is CC1CN(Cc2ccc(C(=O)NCCNc3ccc(C(F)(F)F)cn3)cc2)CC(C)O1. The number of pyridine rings is 1. The Morgan fingerprint density at radius 1 is 1.10 bits per heavy atom. The van der Waals surface area contributed by atoms with E-state index in [1.807, 2.05) is 12.1 Å². The lowest BCUT2D eigenvalue weighted by molar-refractivity contribution is -0.137. The molecule has 1 aliphatic heterocycles. The fourth-order valence-electron chi connectivity index (χ4n) is 3.57.